The van der Waals surface area contributed by atoms with Gasteiger partial charge in [0.1, 0.15) is 12.5 Å². The first kappa shape index (κ1) is 36.0. The molecule has 2 aromatic carbocycles. The average Bonchev–Trinajstić information content (AvgIpc) is 3.43. The molecule has 2 saturated carbocycles. The molecule has 3 aliphatic rings. The van der Waals surface area contributed by atoms with Gasteiger partial charge in [0.25, 0.3) is 0 Å². The highest BCUT2D eigenvalue weighted by molar-refractivity contribution is 6.01. The molecule has 0 amide bonds. The zero-order chi connectivity index (χ0) is 32.9. The van der Waals surface area contributed by atoms with Crippen molar-refractivity contribution in [3.05, 3.63) is 65.2 Å². The highest BCUT2D eigenvalue weighted by Gasteiger charge is 2.58. The summed E-state index contributed by atoms with van der Waals surface area (Å²) in [7, 11) is 3.30. The summed E-state index contributed by atoms with van der Waals surface area (Å²) in [5, 5.41) is 0. The predicted octanol–water partition coefficient (Wildman–Crippen LogP) is 7.58. The second kappa shape index (κ2) is 18.4. The van der Waals surface area contributed by atoms with Crippen LogP contribution in [0.2, 0.25) is 0 Å². The van der Waals surface area contributed by atoms with E-state index in [4.69, 9.17) is 33.2 Å². The zero-order valence-electron chi connectivity index (χ0n) is 28.8. The Labute approximate surface area is 281 Å². The van der Waals surface area contributed by atoms with Crippen molar-refractivity contribution < 1.29 is 38.0 Å². The van der Waals surface area contributed by atoms with E-state index in [1.165, 1.54) is 11.1 Å². The van der Waals surface area contributed by atoms with Gasteiger partial charge < -0.3 is 33.2 Å². The van der Waals surface area contributed by atoms with Crippen molar-refractivity contribution in [1.29, 1.82) is 0 Å². The van der Waals surface area contributed by atoms with Gasteiger partial charge in [-0.1, -0.05) is 62.6 Å². The molecule has 8 heteroatoms. The molecule has 3 aliphatic carbocycles. The molecule has 0 unspecified atom stereocenters. The monoisotopic (exact) mass is 652 g/mol. The summed E-state index contributed by atoms with van der Waals surface area (Å²) >= 11 is 0. The van der Waals surface area contributed by atoms with Crippen LogP contribution in [0, 0.1) is 23.2 Å². The number of Topliss-reactive ketones (excluding diaryl/α,β-unsaturated/α-hetero) is 1. The molecule has 47 heavy (non-hydrogen) atoms. The van der Waals surface area contributed by atoms with E-state index >= 15 is 0 Å². The summed E-state index contributed by atoms with van der Waals surface area (Å²) in [5.74, 6) is 2.25. The molecule has 6 atom stereocenters. The molecular formula is C39H56O8. The lowest BCUT2D eigenvalue weighted by molar-refractivity contribution is -0.127. The summed E-state index contributed by atoms with van der Waals surface area (Å²) in [6.07, 6.45) is 9.74. The maximum atomic E-state index is 14.3. The summed E-state index contributed by atoms with van der Waals surface area (Å²) in [4.78, 5) is 14.3. The Kier molecular flexibility index (Phi) is 14.1. The van der Waals surface area contributed by atoms with E-state index in [9.17, 15) is 4.79 Å². The van der Waals surface area contributed by atoms with Crippen molar-refractivity contribution in [3.63, 3.8) is 0 Å². The summed E-state index contributed by atoms with van der Waals surface area (Å²) in [5.41, 5.74) is 3.32. The minimum atomic E-state index is 0.0287. The van der Waals surface area contributed by atoms with Crippen LogP contribution in [0.15, 0.2) is 48.5 Å². The van der Waals surface area contributed by atoms with Crippen LogP contribution in [0.5, 0.6) is 5.75 Å². The molecule has 2 fully saturated rings. The first-order valence-electron chi connectivity index (χ1n) is 17.7. The Balaban J connectivity index is 1.07. The van der Waals surface area contributed by atoms with Gasteiger partial charge in [-0.3, -0.25) is 4.79 Å². The van der Waals surface area contributed by atoms with Crippen LogP contribution in [-0.2, 0) is 35.0 Å². The van der Waals surface area contributed by atoms with Crippen LogP contribution in [0.1, 0.15) is 92.1 Å². The number of carbonyl (C=O) groups excluding carboxylic acids is 1. The second-order valence-corrected chi connectivity index (χ2v) is 13.7. The van der Waals surface area contributed by atoms with Gasteiger partial charge >= 0.3 is 0 Å². The molecule has 8 nitrogen and oxygen atoms in total. The van der Waals surface area contributed by atoms with E-state index in [-0.39, 0.29) is 24.2 Å². The molecule has 0 aromatic heterocycles. The van der Waals surface area contributed by atoms with Crippen molar-refractivity contribution in [3.8, 4) is 5.75 Å². The van der Waals surface area contributed by atoms with Gasteiger partial charge in [-0.25, -0.2) is 0 Å². The van der Waals surface area contributed by atoms with Crippen LogP contribution < -0.4 is 4.74 Å². The fraction of sp³-hybridized carbons (Fsp3) is 0.667. The largest absolute Gasteiger partial charge is 0.468 e. The highest BCUT2D eigenvalue weighted by Crippen LogP contribution is 2.63. The molecule has 0 saturated heterocycles. The number of ketones is 1. The number of unbranched alkanes of at least 4 members (excludes halogenated alkanes) is 3. The topological polar surface area (TPSA) is 81.7 Å². The molecule has 0 bridgehead atoms. The molecular weight excluding hydrogens is 596 g/mol. The Bertz CT molecular complexity index is 1220. The number of benzene rings is 2. The van der Waals surface area contributed by atoms with E-state index in [0.29, 0.717) is 69.1 Å². The van der Waals surface area contributed by atoms with E-state index in [1.54, 1.807) is 14.2 Å². The number of rotatable bonds is 21. The standard InChI is InChI=1S/C39H56O8/c1-39-19-18-32-31-15-14-30(46-27-41-2)25-34(31)38(40)33(37(32)35(39)16-17-36(39)47-28-42-3)13-9-4-5-10-20-43-21-22-44-23-24-45-26-29-11-7-6-8-12-29/h6-8,11-12,14-15,25,32-33,35-37H,4-5,9-10,13,16-24,26-28H2,1-3H3/t32-,33+,35+,36+,37+,39+/m1/s1. The van der Waals surface area contributed by atoms with Crippen molar-refractivity contribution >= 4 is 5.78 Å². The second-order valence-electron chi connectivity index (χ2n) is 13.7. The molecule has 0 aliphatic heterocycles. The van der Waals surface area contributed by atoms with E-state index in [0.717, 1.165) is 70.0 Å². The van der Waals surface area contributed by atoms with E-state index in [2.05, 4.69) is 25.1 Å². The Morgan fingerprint density at radius 3 is 2.32 bits per heavy atom. The quantitative estimate of drug-likeness (QED) is 0.101. The fourth-order valence-corrected chi connectivity index (χ4v) is 8.61. The maximum absolute atomic E-state index is 14.3. The molecule has 5 rings (SSSR count). The van der Waals surface area contributed by atoms with Crippen LogP contribution in [0.25, 0.3) is 0 Å². The van der Waals surface area contributed by atoms with Gasteiger partial charge in [-0.2, -0.15) is 0 Å². The van der Waals surface area contributed by atoms with E-state index in [1.807, 2.05) is 30.3 Å². The third kappa shape index (κ3) is 9.22. The van der Waals surface area contributed by atoms with Crippen molar-refractivity contribution in [2.45, 2.75) is 83.3 Å². The molecule has 260 valence electrons. The molecule has 0 radical (unpaired) electrons. The molecule has 2 aromatic rings. The highest BCUT2D eigenvalue weighted by atomic mass is 16.7. The van der Waals surface area contributed by atoms with E-state index < -0.39 is 0 Å². The van der Waals surface area contributed by atoms with Gasteiger partial charge in [0.2, 0.25) is 0 Å². The molecule has 0 N–H and O–H groups in total. The normalized spacial score (nSPS) is 26.5. The minimum absolute atomic E-state index is 0.0287. The van der Waals surface area contributed by atoms with Gasteiger partial charge in [-0.05, 0) is 85.0 Å². The maximum Gasteiger partial charge on any atom is 0.188 e. The lowest BCUT2D eigenvalue weighted by Gasteiger charge is -2.53. The minimum Gasteiger partial charge on any atom is -0.468 e. The van der Waals surface area contributed by atoms with Crippen LogP contribution in [0.3, 0.4) is 0 Å². The lowest BCUT2D eigenvalue weighted by atomic mass is 9.51. The molecule has 0 spiro atoms. The number of methoxy groups -OCH3 is 2. The Hall–Kier alpha value is -2.33. The Morgan fingerprint density at radius 2 is 1.53 bits per heavy atom. The fourth-order valence-electron chi connectivity index (χ4n) is 8.61. The predicted molar refractivity (Wildman–Crippen MR) is 181 cm³/mol. The first-order valence-corrected chi connectivity index (χ1v) is 17.7. The summed E-state index contributed by atoms with van der Waals surface area (Å²) in [6.45, 7) is 6.60. The van der Waals surface area contributed by atoms with Gasteiger partial charge in [0.15, 0.2) is 12.6 Å². The number of hydrogen-bond acceptors (Lipinski definition) is 8. The van der Waals surface area contributed by atoms with Crippen molar-refractivity contribution in [1.82, 2.24) is 0 Å². The zero-order valence-corrected chi connectivity index (χ0v) is 28.8. The number of ether oxygens (including phenoxy) is 7. The average molecular weight is 653 g/mol. The number of hydrogen-bond donors (Lipinski definition) is 0. The number of carbonyl (C=O) groups is 1. The van der Waals surface area contributed by atoms with Gasteiger partial charge in [0, 0.05) is 32.3 Å². The van der Waals surface area contributed by atoms with Crippen molar-refractivity contribution in [2.24, 2.45) is 23.2 Å². The lowest BCUT2D eigenvalue weighted by Crippen LogP contribution is -2.49. The molecule has 0 heterocycles. The van der Waals surface area contributed by atoms with Crippen LogP contribution in [-0.4, -0.2) is 72.7 Å². The van der Waals surface area contributed by atoms with Crippen molar-refractivity contribution in [2.75, 3.05) is 60.8 Å². The van der Waals surface area contributed by atoms with Gasteiger partial charge in [-0.15, -0.1) is 0 Å². The third-order valence-electron chi connectivity index (χ3n) is 10.9. The Morgan fingerprint density at radius 1 is 0.787 bits per heavy atom. The van der Waals surface area contributed by atoms with Crippen LogP contribution in [0.4, 0.5) is 0 Å². The third-order valence-corrected chi connectivity index (χ3v) is 10.9. The summed E-state index contributed by atoms with van der Waals surface area (Å²) < 4.78 is 39.5. The smallest absolute Gasteiger partial charge is 0.188 e. The van der Waals surface area contributed by atoms with Crippen LogP contribution >= 0.6 is 0 Å². The SMILES string of the molecule is COCOc1ccc2c(c1)C(=O)[C@@H](CCCCCCOCCOCCOCc1ccccc1)[C@@H]1[C@@H]2CC[C@]2(C)[C@@H](OCOC)CC[C@@H]12. The van der Waals surface area contributed by atoms with Gasteiger partial charge in [0.05, 0.1) is 39.1 Å². The first-order chi connectivity index (χ1) is 23.1. The summed E-state index contributed by atoms with van der Waals surface area (Å²) in [6, 6.07) is 16.3. The number of fused-ring (bicyclic) bond motifs is 5.